The molecule has 0 atom stereocenters. The zero-order chi connectivity index (χ0) is 22.4. The van der Waals surface area contributed by atoms with Crippen LogP contribution in [0.1, 0.15) is 48.4 Å². The SMILES string of the molecule is COC(=O)C1(c2cccc(OC)c2)CCC(NC(c2ccccc2)c2ccccc2)CC1. The molecule has 1 aliphatic carbocycles. The van der Waals surface area contributed by atoms with E-state index in [0.29, 0.717) is 6.04 Å². The zero-order valence-corrected chi connectivity index (χ0v) is 18.8. The third kappa shape index (κ3) is 4.56. The van der Waals surface area contributed by atoms with Crippen LogP contribution in [0, 0.1) is 0 Å². The fourth-order valence-corrected chi connectivity index (χ4v) is 4.92. The molecule has 0 saturated heterocycles. The molecule has 3 aromatic carbocycles. The van der Waals surface area contributed by atoms with E-state index in [4.69, 9.17) is 9.47 Å². The van der Waals surface area contributed by atoms with Gasteiger partial charge >= 0.3 is 5.97 Å². The Morgan fingerprint density at radius 3 is 2.00 bits per heavy atom. The monoisotopic (exact) mass is 429 g/mol. The highest BCUT2D eigenvalue weighted by Gasteiger charge is 2.44. The molecule has 0 bridgehead atoms. The molecule has 1 saturated carbocycles. The Morgan fingerprint density at radius 2 is 1.47 bits per heavy atom. The van der Waals surface area contributed by atoms with Crippen molar-refractivity contribution in [1.29, 1.82) is 0 Å². The van der Waals surface area contributed by atoms with Gasteiger partial charge in [0.05, 0.1) is 25.7 Å². The molecular weight excluding hydrogens is 398 g/mol. The van der Waals surface area contributed by atoms with Gasteiger partial charge in [-0.1, -0.05) is 72.8 Å². The van der Waals surface area contributed by atoms with E-state index in [9.17, 15) is 4.79 Å². The van der Waals surface area contributed by atoms with E-state index in [1.54, 1.807) is 7.11 Å². The molecule has 1 aliphatic rings. The Balaban J connectivity index is 1.56. The highest BCUT2D eigenvalue weighted by Crippen LogP contribution is 2.42. The van der Waals surface area contributed by atoms with Crippen LogP contribution in [0.3, 0.4) is 0 Å². The lowest BCUT2D eigenvalue weighted by Gasteiger charge is -2.40. The van der Waals surface area contributed by atoms with Crippen molar-refractivity contribution in [2.45, 2.75) is 43.2 Å². The minimum Gasteiger partial charge on any atom is -0.497 e. The normalized spacial score (nSPS) is 20.7. The van der Waals surface area contributed by atoms with E-state index < -0.39 is 5.41 Å². The summed E-state index contributed by atoms with van der Waals surface area (Å²) >= 11 is 0. The van der Waals surface area contributed by atoms with Crippen molar-refractivity contribution in [1.82, 2.24) is 5.32 Å². The number of ether oxygens (including phenoxy) is 2. The molecule has 4 nitrogen and oxygen atoms in total. The smallest absolute Gasteiger partial charge is 0.316 e. The van der Waals surface area contributed by atoms with Gasteiger partial charge in [0.1, 0.15) is 5.75 Å². The summed E-state index contributed by atoms with van der Waals surface area (Å²) in [5, 5.41) is 3.88. The molecule has 166 valence electrons. The zero-order valence-electron chi connectivity index (χ0n) is 18.8. The first-order valence-corrected chi connectivity index (χ1v) is 11.2. The Kier molecular flexibility index (Phi) is 6.91. The van der Waals surface area contributed by atoms with E-state index in [1.807, 2.05) is 36.4 Å². The highest BCUT2D eigenvalue weighted by atomic mass is 16.5. The Bertz CT molecular complexity index is 972. The number of hydrogen-bond donors (Lipinski definition) is 1. The van der Waals surface area contributed by atoms with Crippen LogP contribution in [0.4, 0.5) is 0 Å². The molecule has 0 radical (unpaired) electrons. The van der Waals surface area contributed by atoms with Crippen LogP contribution < -0.4 is 10.1 Å². The molecule has 4 heteroatoms. The number of esters is 1. The van der Waals surface area contributed by atoms with E-state index in [-0.39, 0.29) is 12.0 Å². The maximum Gasteiger partial charge on any atom is 0.316 e. The third-order valence-electron chi connectivity index (χ3n) is 6.71. The van der Waals surface area contributed by atoms with Gasteiger partial charge in [0.25, 0.3) is 0 Å². The van der Waals surface area contributed by atoms with Crippen LogP contribution in [0.25, 0.3) is 0 Å². The lowest BCUT2D eigenvalue weighted by molar-refractivity contribution is -0.149. The van der Waals surface area contributed by atoms with Crippen LogP contribution in [0.15, 0.2) is 84.9 Å². The van der Waals surface area contributed by atoms with Gasteiger partial charge in [-0.05, 0) is 54.5 Å². The van der Waals surface area contributed by atoms with E-state index in [1.165, 1.54) is 18.2 Å². The van der Waals surface area contributed by atoms with Crippen molar-refractivity contribution < 1.29 is 14.3 Å². The standard InChI is InChI=1S/C28H31NO3/c1-31-25-15-9-14-23(20-25)28(27(30)32-2)18-16-24(17-19-28)29-26(21-10-5-3-6-11-21)22-12-7-4-8-13-22/h3-15,20,24,26,29H,16-19H2,1-2H3. The van der Waals surface area contributed by atoms with Crippen LogP contribution >= 0.6 is 0 Å². The van der Waals surface area contributed by atoms with E-state index in [2.05, 4.69) is 53.8 Å². The lowest BCUT2D eigenvalue weighted by Crippen LogP contribution is -2.45. The Hall–Kier alpha value is -3.11. The Labute approximate surface area is 190 Å². The molecule has 0 spiro atoms. The molecular formula is C28H31NO3. The summed E-state index contributed by atoms with van der Waals surface area (Å²) in [5.41, 5.74) is 2.84. The predicted octanol–water partition coefficient (Wildman–Crippen LogP) is 5.43. The van der Waals surface area contributed by atoms with Gasteiger partial charge in [0.15, 0.2) is 0 Å². The maximum absolute atomic E-state index is 13.0. The summed E-state index contributed by atoms with van der Waals surface area (Å²) in [4.78, 5) is 13.0. The van der Waals surface area contributed by atoms with Gasteiger partial charge in [-0.15, -0.1) is 0 Å². The van der Waals surface area contributed by atoms with Gasteiger partial charge in [-0.3, -0.25) is 4.79 Å². The van der Waals surface area contributed by atoms with E-state index in [0.717, 1.165) is 37.0 Å². The molecule has 0 aliphatic heterocycles. The van der Waals surface area contributed by atoms with E-state index >= 15 is 0 Å². The predicted molar refractivity (Wildman–Crippen MR) is 127 cm³/mol. The second-order valence-corrected chi connectivity index (χ2v) is 8.50. The molecule has 1 fully saturated rings. The first-order valence-electron chi connectivity index (χ1n) is 11.2. The van der Waals surface area contributed by atoms with Crippen LogP contribution in [-0.4, -0.2) is 26.2 Å². The number of benzene rings is 3. The third-order valence-corrected chi connectivity index (χ3v) is 6.71. The van der Waals surface area contributed by atoms with Crippen LogP contribution in [0.5, 0.6) is 5.75 Å². The number of hydrogen-bond acceptors (Lipinski definition) is 4. The number of rotatable bonds is 7. The molecule has 1 N–H and O–H groups in total. The number of methoxy groups -OCH3 is 2. The fraction of sp³-hybridized carbons (Fsp3) is 0.321. The van der Waals surface area contributed by atoms with Crippen molar-refractivity contribution in [3.8, 4) is 5.75 Å². The van der Waals surface area contributed by atoms with Crippen molar-refractivity contribution in [3.63, 3.8) is 0 Å². The summed E-state index contributed by atoms with van der Waals surface area (Å²) in [6.45, 7) is 0. The van der Waals surface area contributed by atoms with Gasteiger partial charge in [-0.25, -0.2) is 0 Å². The van der Waals surface area contributed by atoms with Gasteiger partial charge in [0.2, 0.25) is 0 Å². The largest absolute Gasteiger partial charge is 0.497 e. The topological polar surface area (TPSA) is 47.6 Å². The summed E-state index contributed by atoms with van der Waals surface area (Å²) in [7, 11) is 3.13. The second-order valence-electron chi connectivity index (χ2n) is 8.50. The van der Waals surface area contributed by atoms with Crippen molar-refractivity contribution in [2.24, 2.45) is 0 Å². The Morgan fingerprint density at radius 1 is 0.875 bits per heavy atom. The van der Waals surface area contributed by atoms with Gasteiger partial charge in [0, 0.05) is 6.04 Å². The summed E-state index contributed by atoms with van der Waals surface area (Å²) < 4.78 is 10.7. The van der Waals surface area contributed by atoms with Crippen molar-refractivity contribution in [3.05, 3.63) is 102 Å². The molecule has 3 aromatic rings. The molecule has 0 unspecified atom stereocenters. The number of carbonyl (C=O) groups is 1. The average Bonchev–Trinajstić information content (AvgIpc) is 2.88. The molecule has 4 rings (SSSR count). The number of carbonyl (C=O) groups excluding carboxylic acids is 1. The molecule has 32 heavy (non-hydrogen) atoms. The average molecular weight is 430 g/mol. The minimum absolute atomic E-state index is 0.116. The van der Waals surface area contributed by atoms with Gasteiger partial charge in [-0.2, -0.15) is 0 Å². The summed E-state index contributed by atoms with van der Waals surface area (Å²) in [6, 6.07) is 29.4. The minimum atomic E-state index is -0.629. The first-order chi connectivity index (χ1) is 15.7. The summed E-state index contributed by atoms with van der Waals surface area (Å²) in [5.74, 6) is 0.603. The van der Waals surface area contributed by atoms with Crippen LogP contribution in [0.2, 0.25) is 0 Å². The van der Waals surface area contributed by atoms with Gasteiger partial charge < -0.3 is 14.8 Å². The maximum atomic E-state index is 13.0. The molecule has 0 amide bonds. The van der Waals surface area contributed by atoms with Crippen LogP contribution in [-0.2, 0) is 14.9 Å². The molecule has 0 heterocycles. The fourth-order valence-electron chi connectivity index (χ4n) is 4.92. The summed E-state index contributed by atoms with van der Waals surface area (Å²) in [6.07, 6.45) is 3.26. The highest BCUT2D eigenvalue weighted by molar-refractivity contribution is 5.83. The number of nitrogens with one attached hydrogen (secondary N) is 1. The van der Waals surface area contributed by atoms with Crippen molar-refractivity contribution >= 4 is 5.97 Å². The van der Waals surface area contributed by atoms with Crippen molar-refractivity contribution in [2.75, 3.05) is 14.2 Å². The second kappa shape index (κ2) is 10.0. The first kappa shape index (κ1) is 22.1. The lowest BCUT2D eigenvalue weighted by atomic mass is 9.68. The quantitative estimate of drug-likeness (QED) is 0.509. The molecule has 0 aromatic heterocycles.